The van der Waals surface area contributed by atoms with Gasteiger partial charge in [0, 0.05) is 23.3 Å². The van der Waals surface area contributed by atoms with E-state index in [4.69, 9.17) is 5.73 Å². The Balaban J connectivity index is 2.32. The lowest BCUT2D eigenvalue weighted by molar-refractivity contribution is 0.988. The maximum atomic E-state index is 5.77. The molecule has 15 heavy (non-hydrogen) atoms. The van der Waals surface area contributed by atoms with Crippen molar-refractivity contribution in [3.8, 4) is 5.82 Å². The number of rotatable bonds is 1. The van der Waals surface area contributed by atoms with Crippen molar-refractivity contribution < 1.29 is 0 Å². The van der Waals surface area contributed by atoms with Crippen LogP contribution in [-0.4, -0.2) is 14.8 Å². The Morgan fingerprint density at radius 2 is 2.13 bits per heavy atom. The van der Waals surface area contributed by atoms with Crippen LogP contribution in [0.2, 0.25) is 0 Å². The number of benzene rings is 1. The Morgan fingerprint density at radius 3 is 2.93 bits per heavy atom. The minimum atomic E-state index is 0.766. The zero-order chi connectivity index (χ0) is 10.3. The van der Waals surface area contributed by atoms with Gasteiger partial charge in [-0.2, -0.15) is 5.10 Å². The fourth-order valence-corrected chi connectivity index (χ4v) is 1.74. The summed E-state index contributed by atoms with van der Waals surface area (Å²) in [5.41, 5.74) is 7.61. The van der Waals surface area contributed by atoms with E-state index in [1.165, 1.54) is 5.39 Å². The van der Waals surface area contributed by atoms with Crippen LogP contribution < -0.4 is 5.73 Å². The van der Waals surface area contributed by atoms with E-state index in [-0.39, 0.29) is 0 Å². The van der Waals surface area contributed by atoms with Crippen molar-refractivity contribution in [3.05, 3.63) is 42.7 Å². The first-order valence-electron chi connectivity index (χ1n) is 4.71. The highest BCUT2D eigenvalue weighted by Gasteiger charge is 2.03. The fraction of sp³-hybridized carbons (Fsp3) is 0. The Labute approximate surface area is 86.3 Å². The summed E-state index contributed by atoms with van der Waals surface area (Å²) in [5.74, 6) is 0.940. The van der Waals surface area contributed by atoms with E-state index >= 15 is 0 Å². The molecule has 0 bridgehead atoms. The van der Waals surface area contributed by atoms with Crippen LogP contribution >= 0.6 is 0 Å². The lowest BCUT2D eigenvalue weighted by Gasteiger charge is -2.01. The number of nitrogen functional groups attached to an aromatic ring is 1. The van der Waals surface area contributed by atoms with Crippen LogP contribution in [0.15, 0.2) is 42.7 Å². The first-order valence-corrected chi connectivity index (χ1v) is 4.71. The number of hydrogen-bond donors (Lipinski definition) is 2. The van der Waals surface area contributed by atoms with Crippen molar-refractivity contribution in [2.45, 2.75) is 0 Å². The van der Waals surface area contributed by atoms with Crippen LogP contribution in [0.5, 0.6) is 0 Å². The molecule has 0 aliphatic rings. The van der Waals surface area contributed by atoms with Crippen LogP contribution in [0.1, 0.15) is 0 Å². The number of hydrogen-bond acceptors (Lipinski definition) is 2. The Hall–Kier alpha value is -2.23. The molecule has 0 saturated carbocycles. The van der Waals surface area contributed by atoms with E-state index in [1.807, 2.05) is 35.0 Å². The monoisotopic (exact) mass is 198 g/mol. The smallest absolute Gasteiger partial charge is 0.132 e. The summed E-state index contributed by atoms with van der Waals surface area (Å²) in [5, 5.41) is 8.02. The van der Waals surface area contributed by atoms with Gasteiger partial charge in [0.1, 0.15) is 5.82 Å². The topological polar surface area (TPSA) is 59.6 Å². The predicted molar refractivity (Wildman–Crippen MR) is 59.8 cm³/mol. The van der Waals surface area contributed by atoms with Gasteiger partial charge in [-0.25, -0.2) is 0 Å². The van der Waals surface area contributed by atoms with Crippen molar-refractivity contribution >= 4 is 16.6 Å². The highest BCUT2D eigenvalue weighted by Crippen LogP contribution is 2.21. The van der Waals surface area contributed by atoms with Crippen molar-refractivity contribution in [3.63, 3.8) is 0 Å². The van der Waals surface area contributed by atoms with E-state index in [2.05, 4.69) is 16.3 Å². The summed E-state index contributed by atoms with van der Waals surface area (Å²) in [7, 11) is 0. The van der Waals surface area contributed by atoms with Crippen molar-refractivity contribution in [1.82, 2.24) is 14.8 Å². The Morgan fingerprint density at radius 1 is 1.20 bits per heavy atom. The number of anilines is 1. The third-order valence-corrected chi connectivity index (χ3v) is 2.46. The maximum Gasteiger partial charge on any atom is 0.132 e. The molecule has 74 valence electrons. The molecule has 2 aromatic heterocycles. The van der Waals surface area contributed by atoms with Gasteiger partial charge >= 0.3 is 0 Å². The van der Waals surface area contributed by atoms with Gasteiger partial charge in [0.15, 0.2) is 0 Å². The van der Waals surface area contributed by atoms with E-state index in [0.717, 1.165) is 17.0 Å². The SMILES string of the molecule is Nc1ccc2ccn(-c3ccn[nH]3)c2c1. The van der Waals surface area contributed by atoms with Gasteiger partial charge in [-0.1, -0.05) is 6.07 Å². The number of nitrogens with two attached hydrogens (primary N) is 1. The molecule has 4 nitrogen and oxygen atoms in total. The predicted octanol–water partition coefficient (Wildman–Crippen LogP) is 1.94. The van der Waals surface area contributed by atoms with E-state index in [0.29, 0.717) is 0 Å². The second kappa shape index (κ2) is 2.88. The van der Waals surface area contributed by atoms with Gasteiger partial charge in [0.05, 0.1) is 11.7 Å². The number of fused-ring (bicyclic) bond motifs is 1. The first-order chi connectivity index (χ1) is 7.34. The molecule has 0 fully saturated rings. The van der Waals surface area contributed by atoms with Crippen LogP contribution in [0.4, 0.5) is 5.69 Å². The molecule has 3 N–H and O–H groups in total. The molecule has 0 radical (unpaired) electrons. The van der Waals surface area contributed by atoms with Gasteiger partial charge in [0.25, 0.3) is 0 Å². The minimum Gasteiger partial charge on any atom is -0.399 e. The van der Waals surface area contributed by atoms with E-state index < -0.39 is 0 Å². The molecular formula is C11H10N4. The van der Waals surface area contributed by atoms with E-state index in [9.17, 15) is 0 Å². The molecule has 1 aromatic carbocycles. The number of nitrogens with zero attached hydrogens (tertiary/aromatic N) is 2. The second-order valence-electron chi connectivity index (χ2n) is 3.45. The normalized spacial score (nSPS) is 10.9. The second-order valence-corrected chi connectivity index (χ2v) is 3.45. The van der Waals surface area contributed by atoms with Gasteiger partial charge in [-0.05, 0) is 18.2 Å². The minimum absolute atomic E-state index is 0.766. The third-order valence-electron chi connectivity index (χ3n) is 2.46. The quantitative estimate of drug-likeness (QED) is 0.587. The molecule has 0 aliphatic heterocycles. The van der Waals surface area contributed by atoms with Crippen molar-refractivity contribution in [2.75, 3.05) is 5.73 Å². The summed E-state index contributed by atoms with van der Waals surface area (Å²) in [6, 6.07) is 9.84. The van der Waals surface area contributed by atoms with Crippen molar-refractivity contribution in [1.29, 1.82) is 0 Å². The fourth-order valence-electron chi connectivity index (χ4n) is 1.74. The molecule has 0 amide bonds. The Bertz CT molecular complexity index is 592. The molecule has 2 heterocycles. The summed E-state index contributed by atoms with van der Waals surface area (Å²) in [6.45, 7) is 0. The standard InChI is InChI=1S/C11H10N4/c12-9-2-1-8-4-6-15(10(8)7-9)11-3-5-13-14-11/h1-7H,12H2,(H,13,14). The molecule has 0 unspecified atom stereocenters. The van der Waals surface area contributed by atoms with Gasteiger partial charge in [-0.15, -0.1) is 0 Å². The summed E-state index contributed by atoms with van der Waals surface area (Å²) >= 11 is 0. The van der Waals surface area contributed by atoms with Gasteiger partial charge in [-0.3, -0.25) is 5.10 Å². The van der Waals surface area contributed by atoms with Crippen LogP contribution in [0, 0.1) is 0 Å². The first kappa shape index (κ1) is 8.11. The molecular weight excluding hydrogens is 188 g/mol. The molecule has 0 atom stereocenters. The largest absolute Gasteiger partial charge is 0.399 e. The highest BCUT2D eigenvalue weighted by atomic mass is 15.2. The lowest BCUT2D eigenvalue weighted by atomic mass is 10.2. The number of H-pyrrole nitrogens is 1. The number of aromatic amines is 1. The van der Waals surface area contributed by atoms with Crippen LogP contribution in [-0.2, 0) is 0 Å². The zero-order valence-electron chi connectivity index (χ0n) is 8.01. The third kappa shape index (κ3) is 1.19. The molecule has 4 heteroatoms. The average molecular weight is 198 g/mol. The summed E-state index contributed by atoms with van der Waals surface area (Å²) in [6.07, 6.45) is 3.73. The van der Waals surface area contributed by atoms with Gasteiger partial charge < -0.3 is 10.3 Å². The molecule has 0 aliphatic carbocycles. The van der Waals surface area contributed by atoms with E-state index in [1.54, 1.807) is 6.20 Å². The molecule has 3 rings (SSSR count). The molecule has 3 aromatic rings. The Kier molecular flexibility index (Phi) is 1.56. The lowest BCUT2D eigenvalue weighted by Crippen LogP contribution is -1.93. The average Bonchev–Trinajstić information content (AvgIpc) is 2.83. The molecule has 0 saturated heterocycles. The number of nitrogens with one attached hydrogen (secondary N) is 1. The zero-order valence-corrected chi connectivity index (χ0v) is 8.01. The summed E-state index contributed by atoms with van der Waals surface area (Å²) < 4.78 is 2.03. The van der Waals surface area contributed by atoms with Gasteiger partial charge in [0.2, 0.25) is 0 Å². The maximum absolute atomic E-state index is 5.77. The highest BCUT2D eigenvalue weighted by molar-refractivity contribution is 5.84. The van der Waals surface area contributed by atoms with Crippen LogP contribution in [0.3, 0.4) is 0 Å². The van der Waals surface area contributed by atoms with Crippen LogP contribution in [0.25, 0.3) is 16.7 Å². The van der Waals surface area contributed by atoms with Crippen molar-refractivity contribution in [2.24, 2.45) is 0 Å². The molecule has 0 spiro atoms. The summed E-state index contributed by atoms with van der Waals surface area (Å²) in [4.78, 5) is 0. The number of aromatic nitrogens is 3.